The summed E-state index contributed by atoms with van der Waals surface area (Å²) in [5.41, 5.74) is 6.41. The van der Waals surface area contributed by atoms with Gasteiger partial charge in [0, 0.05) is 6.54 Å². The highest BCUT2D eigenvalue weighted by atomic mass is 16.5. The Balaban J connectivity index is 2.20. The third kappa shape index (κ3) is 4.79. The number of hydrogen-bond acceptors (Lipinski definition) is 3. The number of alkyl carbamates (subject to hydrolysis) is 1. The summed E-state index contributed by atoms with van der Waals surface area (Å²) in [7, 11) is 0. The number of nitrogens with one attached hydrogen (secondary N) is 1. The molecule has 0 fully saturated rings. The lowest BCUT2D eigenvalue weighted by Gasteiger charge is -2.10. The van der Waals surface area contributed by atoms with Crippen molar-refractivity contribution in [2.24, 2.45) is 11.7 Å². The van der Waals surface area contributed by atoms with Crippen LogP contribution in [0.25, 0.3) is 0 Å². The van der Waals surface area contributed by atoms with Gasteiger partial charge < -0.3 is 15.8 Å². The van der Waals surface area contributed by atoms with Crippen molar-refractivity contribution in [1.29, 1.82) is 0 Å². The summed E-state index contributed by atoms with van der Waals surface area (Å²) in [6.07, 6.45) is -0.399. The maximum atomic E-state index is 11.3. The van der Waals surface area contributed by atoms with Crippen molar-refractivity contribution in [3.8, 4) is 0 Å². The fourth-order valence-electron chi connectivity index (χ4n) is 1.12. The fraction of sp³-hybridized carbons (Fsp3) is 0.417. The summed E-state index contributed by atoms with van der Waals surface area (Å²) in [6, 6.07) is 9.57. The van der Waals surface area contributed by atoms with Crippen LogP contribution in [0.3, 0.4) is 0 Å². The molecule has 0 aliphatic rings. The minimum atomic E-state index is -0.399. The van der Waals surface area contributed by atoms with Gasteiger partial charge in [-0.15, -0.1) is 0 Å². The van der Waals surface area contributed by atoms with Gasteiger partial charge in [0.15, 0.2) is 0 Å². The Labute approximate surface area is 95.8 Å². The van der Waals surface area contributed by atoms with E-state index in [1.54, 1.807) is 0 Å². The zero-order chi connectivity index (χ0) is 11.8. The molecule has 1 rings (SSSR count). The third-order valence-electron chi connectivity index (χ3n) is 2.21. The average molecular weight is 222 g/mol. The first kappa shape index (κ1) is 12.5. The van der Waals surface area contributed by atoms with Crippen LogP contribution in [0, 0.1) is 5.92 Å². The molecule has 16 heavy (non-hydrogen) atoms. The Kier molecular flexibility index (Phi) is 5.36. The Hall–Kier alpha value is -1.55. The number of rotatable bonds is 5. The number of ether oxygens (including phenoxy) is 1. The second-order valence-electron chi connectivity index (χ2n) is 3.78. The number of benzene rings is 1. The van der Waals surface area contributed by atoms with Gasteiger partial charge in [-0.25, -0.2) is 4.79 Å². The second kappa shape index (κ2) is 6.85. The smallest absolute Gasteiger partial charge is 0.407 e. The van der Waals surface area contributed by atoms with E-state index in [1.165, 1.54) is 0 Å². The summed E-state index contributed by atoms with van der Waals surface area (Å²) in [6.45, 7) is 3.37. The number of carbonyl (C=O) groups excluding carboxylic acids is 1. The number of nitrogens with two attached hydrogens (primary N) is 1. The number of carbonyl (C=O) groups is 1. The van der Waals surface area contributed by atoms with Crippen LogP contribution in [0.5, 0.6) is 0 Å². The molecule has 4 heteroatoms. The van der Waals surface area contributed by atoms with Crippen LogP contribution in [0.1, 0.15) is 12.5 Å². The molecule has 1 amide bonds. The van der Waals surface area contributed by atoms with E-state index in [4.69, 9.17) is 10.5 Å². The van der Waals surface area contributed by atoms with Crippen LogP contribution in [0.2, 0.25) is 0 Å². The second-order valence-corrected chi connectivity index (χ2v) is 3.78. The zero-order valence-electron chi connectivity index (χ0n) is 9.48. The maximum absolute atomic E-state index is 11.3. The van der Waals surface area contributed by atoms with Crippen LogP contribution in [0.4, 0.5) is 4.79 Å². The lowest BCUT2D eigenvalue weighted by molar-refractivity contribution is 0.138. The Bertz CT molecular complexity index is 314. The van der Waals surface area contributed by atoms with E-state index < -0.39 is 6.09 Å². The SMILES string of the molecule is CC(CN)CNC(=O)OCc1ccccc1. The maximum Gasteiger partial charge on any atom is 0.407 e. The van der Waals surface area contributed by atoms with E-state index in [-0.39, 0.29) is 5.92 Å². The molecule has 3 N–H and O–H groups in total. The molecular formula is C12H18N2O2. The molecule has 0 aliphatic heterocycles. The van der Waals surface area contributed by atoms with Gasteiger partial charge in [-0.3, -0.25) is 0 Å². The highest BCUT2D eigenvalue weighted by Crippen LogP contribution is 2.00. The van der Waals surface area contributed by atoms with Gasteiger partial charge >= 0.3 is 6.09 Å². The van der Waals surface area contributed by atoms with Gasteiger partial charge in [0.1, 0.15) is 6.61 Å². The third-order valence-corrected chi connectivity index (χ3v) is 2.21. The van der Waals surface area contributed by atoms with E-state index in [2.05, 4.69) is 5.32 Å². The Morgan fingerprint density at radius 3 is 2.75 bits per heavy atom. The molecule has 0 spiro atoms. The average Bonchev–Trinajstić information content (AvgIpc) is 2.34. The normalized spacial score (nSPS) is 11.9. The summed E-state index contributed by atoms with van der Waals surface area (Å²) in [5, 5.41) is 2.66. The molecule has 1 atom stereocenters. The molecule has 0 aromatic heterocycles. The lowest BCUT2D eigenvalue weighted by Crippen LogP contribution is -2.31. The van der Waals surface area contributed by atoms with E-state index in [0.29, 0.717) is 19.7 Å². The van der Waals surface area contributed by atoms with E-state index in [0.717, 1.165) is 5.56 Å². The highest BCUT2D eigenvalue weighted by Gasteiger charge is 2.04. The summed E-state index contributed by atoms with van der Waals surface area (Å²) < 4.78 is 5.03. The van der Waals surface area contributed by atoms with Crippen LogP contribution in [0.15, 0.2) is 30.3 Å². The molecule has 1 aromatic rings. The van der Waals surface area contributed by atoms with Crippen LogP contribution < -0.4 is 11.1 Å². The molecule has 0 radical (unpaired) electrons. The minimum absolute atomic E-state index is 0.268. The van der Waals surface area contributed by atoms with Gasteiger partial charge in [-0.05, 0) is 18.0 Å². The molecule has 0 saturated heterocycles. The first-order chi connectivity index (χ1) is 7.72. The lowest BCUT2D eigenvalue weighted by atomic mass is 10.2. The van der Waals surface area contributed by atoms with Crippen molar-refractivity contribution < 1.29 is 9.53 Å². The first-order valence-electron chi connectivity index (χ1n) is 5.37. The monoisotopic (exact) mass is 222 g/mol. The molecule has 0 aliphatic carbocycles. The van der Waals surface area contributed by atoms with Crippen molar-refractivity contribution in [2.75, 3.05) is 13.1 Å². The summed E-state index contributed by atoms with van der Waals surface area (Å²) in [5.74, 6) is 0.268. The van der Waals surface area contributed by atoms with Gasteiger partial charge in [0.05, 0.1) is 0 Å². The quantitative estimate of drug-likeness (QED) is 0.793. The van der Waals surface area contributed by atoms with Gasteiger partial charge in [0.25, 0.3) is 0 Å². The molecule has 0 bridgehead atoms. The van der Waals surface area contributed by atoms with Crippen LogP contribution in [-0.2, 0) is 11.3 Å². The van der Waals surface area contributed by atoms with Crippen molar-refractivity contribution >= 4 is 6.09 Å². The predicted octanol–water partition coefficient (Wildman–Crippen LogP) is 1.51. The molecular weight excluding hydrogens is 204 g/mol. The Morgan fingerprint density at radius 2 is 2.12 bits per heavy atom. The largest absolute Gasteiger partial charge is 0.445 e. The summed E-state index contributed by atoms with van der Waals surface area (Å²) >= 11 is 0. The highest BCUT2D eigenvalue weighted by molar-refractivity contribution is 5.67. The molecule has 4 nitrogen and oxygen atoms in total. The molecule has 88 valence electrons. The van der Waals surface area contributed by atoms with Crippen LogP contribution >= 0.6 is 0 Å². The van der Waals surface area contributed by atoms with Crippen molar-refractivity contribution in [2.45, 2.75) is 13.5 Å². The van der Waals surface area contributed by atoms with E-state index >= 15 is 0 Å². The molecule has 0 saturated carbocycles. The van der Waals surface area contributed by atoms with Gasteiger partial charge in [-0.1, -0.05) is 37.3 Å². The number of amides is 1. The topological polar surface area (TPSA) is 64.3 Å². The Morgan fingerprint density at radius 1 is 1.44 bits per heavy atom. The predicted molar refractivity (Wildman–Crippen MR) is 62.8 cm³/mol. The fourth-order valence-corrected chi connectivity index (χ4v) is 1.12. The van der Waals surface area contributed by atoms with Crippen LogP contribution in [-0.4, -0.2) is 19.2 Å². The minimum Gasteiger partial charge on any atom is -0.445 e. The van der Waals surface area contributed by atoms with Crippen molar-refractivity contribution in [3.05, 3.63) is 35.9 Å². The number of hydrogen-bond donors (Lipinski definition) is 2. The molecule has 0 heterocycles. The van der Waals surface area contributed by atoms with Crippen molar-refractivity contribution in [1.82, 2.24) is 5.32 Å². The van der Waals surface area contributed by atoms with E-state index in [9.17, 15) is 4.79 Å². The first-order valence-corrected chi connectivity index (χ1v) is 5.37. The van der Waals surface area contributed by atoms with Gasteiger partial charge in [-0.2, -0.15) is 0 Å². The summed E-state index contributed by atoms with van der Waals surface area (Å²) in [4.78, 5) is 11.3. The zero-order valence-corrected chi connectivity index (χ0v) is 9.48. The van der Waals surface area contributed by atoms with Crippen molar-refractivity contribution in [3.63, 3.8) is 0 Å². The molecule has 1 unspecified atom stereocenters. The molecule has 1 aromatic carbocycles. The van der Waals surface area contributed by atoms with E-state index in [1.807, 2.05) is 37.3 Å². The van der Waals surface area contributed by atoms with Gasteiger partial charge in [0.2, 0.25) is 0 Å². The standard InChI is InChI=1S/C12H18N2O2/c1-10(7-13)8-14-12(15)16-9-11-5-3-2-4-6-11/h2-6,10H,7-9,13H2,1H3,(H,14,15).